The Bertz CT molecular complexity index is 214. The Morgan fingerprint density at radius 2 is 2.19 bits per heavy atom. The summed E-state index contributed by atoms with van der Waals surface area (Å²) >= 11 is 0. The van der Waals surface area contributed by atoms with Gasteiger partial charge in [0.1, 0.15) is 0 Å². The lowest BCUT2D eigenvalue weighted by molar-refractivity contribution is -0.122. The topological polar surface area (TPSA) is 53.2 Å². The molecule has 0 aliphatic carbocycles. The third-order valence-electron chi connectivity index (χ3n) is 3.22. The van der Waals surface area contributed by atoms with Gasteiger partial charge in [-0.25, -0.2) is 0 Å². The minimum absolute atomic E-state index is 0.0588. The van der Waals surface area contributed by atoms with Gasteiger partial charge in [0.25, 0.3) is 0 Å². The molecule has 3 N–H and O–H groups in total. The normalized spacial score (nSPS) is 24.8. The van der Waals surface area contributed by atoms with E-state index >= 15 is 0 Å². The van der Waals surface area contributed by atoms with Crippen LogP contribution in [0.25, 0.3) is 0 Å². The van der Waals surface area contributed by atoms with E-state index in [1.165, 1.54) is 19.3 Å². The number of hydrogen-bond donors (Lipinski definition) is 3. The fourth-order valence-corrected chi connectivity index (χ4v) is 2.34. The Kier molecular flexibility index (Phi) is 5.77. The minimum Gasteiger partial charge on any atom is -0.358 e. The zero-order valence-electron chi connectivity index (χ0n) is 10.7. The van der Waals surface area contributed by atoms with Crippen molar-refractivity contribution >= 4 is 5.91 Å². The molecule has 1 rings (SSSR count). The summed E-state index contributed by atoms with van der Waals surface area (Å²) in [5.74, 6) is 0.0588. The molecule has 1 heterocycles. The smallest absolute Gasteiger partial charge is 0.236 e. The molecule has 4 heteroatoms. The predicted octanol–water partition coefficient (Wildman–Crippen LogP) is 0.631. The number of likely N-dealkylation sites (N-methyl/N-ethyl adjacent to an activating group) is 1. The van der Waals surface area contributed by atoms with E-state index in [0.29, 0.717) is 12.1 Å². The maximum atomic E-state index is 11.4. The molecule has 1 aliphatic heterocycles. The summed E-state index contributed by atoms with van der Waals surface area (Å²) in [6.45, 7) is 5.20. The molecule has 0 aromatic rings. The van der Waals surface area contributed by atoms with Crippen LogP contribution in [0.2, 0.25) is 0 Å². The number of hydrogen-bond acceptors (Lipinski definition) is 3. The number of carbonyl (C=O) groups excluding carboxylic acids is 1. The molecular weight excluding hydrogens is 202 g/mol. The van der Waals surface area contributed by atoms with E-state index in [2.05, 4.69) is 22.9 Å². The molecule has 1 fully saturated rings. The largest absolute Gasteiger partial charge is 0.358 e. The third-order valence-corrected chi connectivity index (χ3v) is 3.22. The van der Waals surface area contributed by atoms with E-state index < -0.39 is 0 Å². The second-order valence-electron chi connectivity index (χ2n) is 4.79. The quantitative estimate of drug-likeness (QED) is 0.646. The van der Waals surface area contributed by atoms with E-state index in [9.17, 15) is 4.79 Å². The lowest BCUT2D eigenvalue weighted by atomic mass is 9.98. The van der Waals surface area contributed by atoms with Crippen LogP contribution in [-0.4, -0.2) is 37.6 Å². The second-order valence-corrected chi connectivity index (χ2v) is 4.79. The van der Waals surface area contributed by atoms with Crippen molar-refractivity contribution < 1.29 is 4.79 Å². The van der Waals surface area contributed by atoms with Crippen molar-refractivity contribution in [3.63, 3.8) is 0 Å². The fourth-order valence-electron chi connectivity index (χ4n) is 2.34. The summed E-state index contributed by atoms with van der Waals surface area (Å²) in [7, 11) is 1.67. The van der Waals surface area contributed by atoms with Gasteiger partial charge in [0.15, 0.2) is 0 Å². The molecule has 0 bridgehead atoms. The number of piperidine rings is 1. The Morgan fingerprint density at radius 3 is 2.75 bits per heavy atom. The average molecular weight is 227 g/mol. The van der Waals surface area contributed by atoms with Crippen LogP contribution in [-0.2, 0) is 4.79 Å². The molecule has 0 radical (unpaired) electrons. The van der Waals surface area contributed by atoms with E-state index in [-0.39, 0.29) is 11.9 Å². The standard InChI is InChI=1S/C12H25N3O/c1-9(15-10(2)12(16)13-3)8-11-6-4-5-7-14-11/h9-11,14-15H,4-8H2,1-3H3,(H,13,16). The number of amides is 1. The summed E-state index contributed by atoms with van der Waals surface area (Å²) in [6, 6.07) is 0.889. The van der Waals surface area contributed by atoms with Gasteiger partial charge in [-0.3, -0.25) is 4.79 Å². The number of carbonyl (C=O) groups is 1. The van der Waals surface area contributed by atoms with Gasteiger partial charge in [-0.2, -0.15) is 0 Å². The van der Waals surface area contributed by atoms with Crippen LogP contribution >= 0.6 is 0 Å². The summed E-state index contributed by atoms with van der Waals surface area (Å²) in [4.78, 5) is 11.4. The van der Waals surface area contributed by atoms with E-state index in [1.54, 1.807) is 7.05 Å². The second kappa shape index (κ2) is 6.86. The molecule has 3 atom stereocenters. The van der Waals surface area contributed by atoms with E-state index in [0.717, 1.165) is 13.0 Å². The fraction of sp³-hybridized carbons (Fsp3) is 0.917. The van der Waals surface area contributed by atoms with Crippen molar-refractivity contribution in [2.75, 3.05) is 13.6 Å². The van der Waals surface area contributed by atoms with Gasteiger partial charge < -0.3 is 16.0 Å². The molecule has 3 unspecified atom stereocenters. The van der Waals surface area contributed by atoms with Crippen molar-refractivity contribution in [1.29, 1.82) is 0 Å². The van der Waals surface area contributed by atoms with Crippen LogP contribution in [0, 0.1) is 0 Å². The van der Waals surface area contributed by atoms with Gasteiger partial charge in [-0.15, -0.1) is 0 Å². The van der Waals surface area contributed by atoms with Gasteiger partial charge in [0, 0.05) is 19.1 Å². The summed E-state index contributed by atoms with van der Waals surface area (Å²) < 4.78 is 0. The summed E-state index contributed by atoms with van der Waals surface area (Å²) in [5, 5.41) is 9.51. The monoisotopic (exact) mass is 227 g/mol. The predicted molar refractivity (Wildman–Crippen MR) is 66.4 cm³/mol. The van der Waals surface area contributed by atoms with Gasteiger partial charge in [0.2, 0.25) is 5.91 Å². The third kappa shape index (κ3) is 4.49. The first kappa shape index (κ1) is 13.5. The molecule has 1 aliphatic rings. The van der Waals surface area contributed by atoms with Gasteiger partial charge in [-0.05, 0) is 39.7 Å². The maximum Gasteiger partial charge on any atom is 0.236 e. The molecule has 1 amide bonds. The molecule has 1 saturated heterocycles. The zero-order valence-corrected chi connectivity index (χ0v) is 10.7. The van der Waals surface area contributed by atoms with Crippen molar-refractivity contribution in [1.82, 2.24) is 16.0 Å². The lowest BCUT2D eigenvalue weighted by Gasteiger charge is -2.27. The molecule has 0 aromatic carbocycles. The number of nitrogens with one attached hydrogen (secondary N) is 3. The highest BCUT2D eigenvalue weighted by molar-refractivity contribution is 5.80. The minimum atomic E-state index is -0.108. The molecule has 0 spiro atoms. The van der Waals surface area contributed by atoms with Crippen LogP contribution in [0.15, 0.2) is 0 Å². The molecule has 94 valence electrons. The Hall–Kier alpha value is -0.610. The van der Waals surface area contributed by atoms with Crippen LogP contribution in [0.5, 0.6) is 0 Å². The highest BCUT2D eigenvalue weighted by Gasteiger charge is 2.18. The van der Waals surface area contributed by atoms with Crippen molar-refractivity contribution in [2.45, 2.75) is 57.7 Å². The van der Waals surface area contributed by atoms with E-state index in [1.807, 2.05) is 6.92 Å². The molecule has 0 saturated carbocycles. The summed E-state index contributed by atoms with van der Waals surface area (Å²) in [5.41, 5.74) is 0. The molecule has 16 heavy (non-hydrogen) atoms. The SMILES string of the molecule is CNC(=O)C(C)NC(C)CC1CCCCN1. The van der Waals surface area contributed by atoms with Crippen LogP contribution in [0.1, 0.15) is 39.5 Å². The first-order chi connectivity index (χ1) is 7.63. The van der Waals surface area contributed by atoms with Gasteiger partial charge in [0.05, 0.1) is 6.04 Å². The van der Waals surface area contributed by atoms with Crippen molar-refractivity contribution in [2.24, 2.45) is 0 Å². The first-order valence-electron chi connectivity index (χ1n) is 6.34. The van der Waals surface area contributed by atoms with Crippen LogP contribution in [0.4, 0.5) is 0 Å². The van der Waals surface area contributed by atoms with Crippen LogP contribution in [0.3, 0.4) is 0 Å². The number of rotatable bonds is 5. The first-order valence-corrected chi connectivity index (χ1v) is 6.34. The summed E-state index contributed by atoms with van der Waals surface area (Å²) in [6.07, 6.45) is 4.99. The Balaban J connectivity index is 2.23. The van der Waals surface area contributed by atoms with Gasteiger partial charge in [-0.1, -0.05) is 6.42 Å². The average Bonchev–Trinajstić information content (AvgIpc) is 2.29. The van der Waals surface area contributed by atoms with Crippen LogP contribution < -0.4 is 16.0 Å². The van der Waals surface area contributed by atoms with Gasteiger partial charge >= 0.3 is 0 Å². The van der Waals surface area contributed by atoms with E-state index in [4.69, 9.17) is 0 Å². The Labute approximate surface area is 98.6 Å². The zero-order chi connectivity index (χ0) is 12.0. The van der Waals surface area contributed by atoms with Crippen molar-refractivity contribution in [3.8, 4) is 0 Å². The Morgan fingerprint density at radius 1 is 1.44 bits per heavy atom. The highest BCUT2D eigenvalue weighted by atomic mass is 16.2. The molecular formula is C12H25N3O. The maximum absolute atomic E-state index is 11.4. The van der Waals surface area contributed by atoms with Crippen molar-refractivity contribution in [3.05, 3.63) is 0 Å². The highest BCUT2D eigenvalue weighted by Crippen LogP contribution is 2.12. The molecule has 4 nitrogen and oxygen atoms in total. The lowest BCUT2D eigenvalue weighted by Crippen LogP contribution is -2.47. The molecule has 0 aromatic heterocycles.